The summed E-state index contributed by atoms with van der Waals surface area (Å²) in [6.45, 7) is 5.66. The molecule has 1 unspecified atom stereocenters. The molecule has 0 saturated carbocycles. The number of hydrogen-bond acceptors (Lipinski definition) is 5. The Morgan fingerprint density at radius 3 is 2.47 bits per heavy atom. The third-order valence-corrected chi connectivity index (χ3v) is 6.08. The van der Waals surface area contributed by atoms with E-state index in [1.54, 1.807) is 16.6 Å². The summed E-state index contributed by atoms with van der Waals surface area (Å²) in [7, 11) is 0. The summed E-state index contributed by atoms with van der Waals surface area (Å²) in [5.74, 6) is -0.836. The number of carbonyl (C=O) groups excluding carboxylic acids is 2. The Labute approximate surface area is 207 Å². The van der Waals surface area contributed by atoms with Crippen LogP contribution in [0.5, 0.6) is 0 Å². The van der Waals surface area contributed by atoms with Gasteiger partial charge in [-0.1, -0.05) is 12.1 Å². The zero-order valence-corrected chi connectivity index (χ0v) is 20.2. The van der Waals surface area contributed by atoms with Gasteiger partial charge in [0.15, 0.2) is 5.65 Å². The Kier molecular flexibility index (Phi) is 7.06. The topological polar surface area (TPSA) is 112 Å². The Bertz CT molecular complexity index is 1470. The van der Waals surface area contributed by atoms with Gasteiger partial charge in [-0.15, -0.1) is 0 Å². The molecular weight excluding hydrogens is 459 g/mol. The second kappa shape index (κ2) is 10.4. The molecule has 0 aliphatic heterocycles. The van der Waals surface area contributed by atoms with Crippen LogP contribution in [-0.4, -0.2) is 26.4 Å². The SMILES string of the molecule is Cc1nc2c(C#N)cnn2c(C)c1CCC(=O)NC(C)c1ccc(NC(=O)c2ccc(F)cc2)cc1. The number of halogens is 1. The van der Waals surface area contributed by atoms with Crippen molar-refractivity contribution in [1.29, 1.82) is 5.26 Å². The summed E-state index contributed by atoms with van der Waals surface area (Å²) in [5.41, 5.74) is 5.34. The van der Waals surface area contributed by atoms with Crippen LogP contribution in [0.25, 0.3) is 5.65 Å². The minimum absolute atomic E-state index is 0.103. The smallest absolute Gasteiger partial charge is 0.255 e. The number of anilines is 1. The quantitative estimate of drug-likeness (QED) is 0.403. The number of benzene rings is 2. The van der Waals surface area contributed by atoms with E-state index in [0.29, 0.717) is 28.9 Å². The minimum atomic E-state index is -0.401. The van der Waals surface area contributed by atoms with Gasteiger partial charge in [0.05, 0.1) is 12.2 Å². The molecule has 2 aromatic heterocycles. The van der Waals surface area contributed by atoms with E-state index >= 15 is 0 Å². The molecule has 0 radical (unpaired) electrons. The molecule has 0 aliphatic rings. The lowest BCUT2D eigenvalue weighted by molar-refractivity contribution is -0.121. The predicted octanol–water partition coefficient (Wildman–Crippen LogP) is 4.42. The fourth-order valence-electron chi connectivity index (χ4n) is 4.05. The van der Waals surface area contributed by atoms with E-state index in [1.165, 1.54) is 30.5 Å². The molecule has 8 nitrogen and oxygen atoms in total. The number of aromatic nitrogens is 3. The predicted molar refractivity (Wildman–Crippen MR) is 133 cm³/mol. The Morgan fingerprint density at radius 1 is 1.11 bits per heavy atom. The Morgan fingerprint density at radius 2 is 1.81 bits per heavy atom. The van der Waals surface area contributed by atoms with Crippen LogP contribution in [0.3, 0.4) is 0 Å². The molecule has 1 atom stereocenters. The average molecular weight is 485 g/mol. The highest BCUT2D eigenvalue weighted by Gasteiger charge is 2.16. The zero-order chi connectivity index (χ0) is 25.8. The largest absolute Gasteiger partial charge is 0.350 e. The number of nitrogens with one attached hydrogen (secondary N) is 2. The molecule has 2 N–H and O–H groups in total. The monoisotopic (exact) mass is 484 g/mol. The summed E-state index contributed by atoms with van der Waals surface area (Å²) >= 11 is 0. The van der Waals surface area contributed by atoms with Gasteiger partial charge in [-0.05, 0) is 74.7 Å². The molecule has 0 spiro atoms. The molecule has 2 aromatic carbocycles. The molecule has 0 aliphatic carbocycles. The standard InChI is InChI=1S/C27H25FN6O2/c1-16(19-6-10-23(11-7-19)33-27(36)20-4-8-22(28)9-5-20)31-25(35)13-12-24-17(2)32-26-21(14-29)15-30-34(26)18(24)3/h4-11,15-16H,12-13H2,1-3H3,(H,31,35)(H,33,36). The van der Waals surface area contributed by atoms with E-state index in [2.05, 4.69) is 26.8 Å². The second-order valence-electron chi connectivity index (χ2n) is 8.54. The molecule has 36 heavy (non-hydrogen) atoms. The van der Waals surface area contributed by atoms with Gasteiger partial charge >= 0.3 is 0 Å². The van der Waals surface area contributed by atoms with E-state index in [4.69, 9.17) is 0 Å². The third-order valence-electron chi connectivity index (χ3n) is 6.08. The first-order valence-electron chi connectivity index (χ1n) is 11.5. The van der Waals surface area contributed by atoms with Crippen molar-refractivity contribution in [3.63, 3.8) is 0 Å². The molecule has 0 fully saturated rings. The van der Waals surface area contributed by atoms with Crippen molar-refractivity contribution < 1.29 is 14.0 Å². The Balaban J connectivity index is 1.34. The number of fused-ring (bicyclic) bond motifs is 1. The van der Waals surface area contributed by atoms with Crippen molar-refractivity contribution in [3.8, 4) is 6.07 Å². The van der Waals surface area contributed by atoms with E-state index in [9.17, 15) is 19.2 Å². The number of carbonyl (C=O) groups is 2. The van der Waals surface area contributed by atoms with Crippen LogP contribution in [0.2, 0.25) is 0 Å². The van der Waals surface area contributed by atoms with Gasteiger partial charge in [-0.3, -0.25) is 9.59 Å². The summed E-state index contributed by atoms with van der Waals surface area (Å²) in [4.78, 5) is 29.5. The van der Waals surface area contributed by atoms with Crippen LogP contribution in [0.4, 0.5) is 10.1 Å². The molecule has 4 rings (SSSR count). The normalized spacial score (nSPS) is 11.6. The van der Waals surface area contributed by atoms with Crippen LogP contribution in [0.15, 0.2) is 54.7 Å². The third kappa shape index (κ3) is 5.23. The lowest BCUT2D eigenvalue weighted by atomic mass is 10.0. The van der Waals surface area contributed by atoms with Gasteiger partial charge < -0.3 is 10.6 Å². The summed E-state index contributed by atoms with van der Waals surface area (Å²) < 4.78 is 14.7. The van der Waals surface area contributed by atoms with E-state index in [-0.39, 0.29) is 24.3 Å². The maximum Gasteiger partial charge on any atom is 0.255 e. The fraction of sp³-hybridized carbons (Fsp3) is 0.222. The summed E-state index contributed by atoms with van der Waals surface area (Å²) in [5, 5.41) is 19.2. The molecule has 2 amide bonds. The molecular formula is C27H25FN6O2. The van der Waals surface area contributed by atoms with Crippen LogP contribution in [0, 0.1) is 31.0 Å². The zero-order valence-electron chi connectivity index (χ0n) is 20.2. The van der Waals surface area contributed by atoms with Gasteiger partial charge in [-0.25, -0.2) is 13.9 Å². The van der Waals surface area contributed by atoms with Crippen molar-refractivity contribution in [3.05, 3.63) is 94.2 Å². The van der Waals surface area contributed by atoms with Crippen molar-refractivity contribution >= 4 is 23.1 Å². The van der Waals surface area contributed by atoms with Gasteiger partial charge in [0, 0.05) is 29.1 Å². The van der Waals surface area contributed by atoms with Crippen molar-refractivity contribution in [2.75, 3.05) is 5.32 Å². The molecule has 2 heterocycles. The van der Waals surface area contributed by atoms with Crippen molar-refractivity contribution in [1.82, 2.24) is 19.9 Å². The highest BCUT2D eigenvalue weighted by molar-refractivity contribution is 6.04. The number of hydrogen-bond donors (Lipinski definition) is 2. The minimum Gasteiger partial charge on any atom is -0.350 e. The van der Waals surface area contributed by atoms with Crippen LogP contribution in [-0.2, 0) is 11.2 Å². The molecule has 0 saturated heterocycles. The fourth-order valence-corrected chi connectivity index (χ4v) is 4.05. The van der Waals surface area contributed by atoms with Crippen LogP contribution < -0.4 is 10.6 Å². The summed E-state index contributed by atoms with van der Waals surface area (Å²) in [6.07, 6.45) is 2.26. The number of aryl methyl sites for hydroxylation is 2. The van der Waals surface area contributed by atoms with E-state index in [0.717, 1.165) is 22.5 Å². The number of amides is 2. The molecule has 4 aromatic rings. The maximum absolute atomic E-state index is 13.0. The van der Waals surface area contributed by atoms with E-state index < -0.39 is 5.82 Å². The first-order valence-corrected chi connectivity index (χ1v) is 11.5. The average Bonchev–Trinajstić information content (AvgIpc) is 3.27. The summed E-state index contributed by atoms with van der Waals surface area (Å²) in [6, 6.07) is 14.4. The molecule has 0 bridgehead atoms. The lowest BCUT2D eigenvalue weighted by Crippen LogP contribution is -2.27. The van der Waals surface area contributed by atoms with Crippen LogP contribution >= 0.6 is 0 Å². The van der Waals surface area contributed by atoms with Gasteiger partial charge in [0.25, 0.3) is 5.91 Å². The number of nitrogens with zero attached hydrogens (tertiary/aromatic N) is 4. The highest BCUT2D eigenvalue weighted by Crippen LogP contribution is 2.20. The van der Waals surface area contributed by atoms with Crippen molar-refractivity contribution in [2.45, 2.75) is 39.7 Å². The first kappa shape index (κ1) is 24.5. The lowest BCUT2D eigenvalue weighted by Gasteiger charge is -2.16. The first-order chi connectivity index (χ1) is 17.3. The molecule has 9 heteroatoms. The number of rotatable bonds is 7. The van der Waals surface area contributed by atoms with E-state index in [1.807, 2.05) is 32.9 Å². The van der Waals surface area contributed by atoms with Gasteiger partial charge in [-0.2, -0.15) is 10.4 Å². The number of nitriles is 1. The molecule has 182 valence electrons. The Hall–Kier alpha value is -4.58. The second-order valence-corrected chi connectivity index (χ2v) is 8.54. The van der Waals surface area contributed by atoms with Gasteiger partial charge in [0.2, 0.25) is 5.91 Å². The van der Waals surface area contributed by atoms with Gasteiger partial charge in [0.1, 0.15) is 17.4 Å². The van der Waals surface area contributed by atoms with Crippen molar-refractivity contribution in [2.24, 2.45) is 0 Å². The maximum atomic E-state index is 13.0. The highest BCUT2D eigenvalue weighted by atomic mass is 19.1. The van der Waals surface area contributed by atoms with Crippen LogP contribution in [0.1, 0.15) is 57.8 Å².